The van der Waals surface area contributed by atoms with E-state index < -0.39 is 37.0 Å². The Kier molecular flexibility index (Phi) is 6.17. The van der Waals surface area contributed by atoms with Gasteiger partial charge in [0, 0.05) is 5.56 Å². The molecule has 0 amide bonds. The molecule has 0 bridgehead atoms. The Morgan fingerprint density at radius 3 is 2.39 bits per heavy atom. The molecule has 2 saturated heterocycles. The van der Waals surface area contributed by atoms with Crippen LogP contribution in [0.1, 0.15) is 17.4 Å². The van der Waals surface area contributed by atoms with Gasteiger partial charge in [0.15, 0.2) is 12.6 Å². The Morgan fingerprint density at radius 1 is 0.929 bits per heavy atom. The van der Waals surface area contributed by atoms with E-state index in [0.717, 1.165) is 11.1 Å². The van der Waals surface area contributed by atoms with Crippen LogP contribution in [0.5, 0.6) is 0 Å². The Bertz CT molecular complexity index is 763. The highest BCUT2D eigenvalue weighted by Gasteiger charge is 2.49. The van der Waals surface area contributed by atoms with Crippen LogP contribution in [0.2, 0.25) is 0 Å². The predicted molar refractivity (Wildman–Crippen MR) is 102 cm³/mol. The number of fused-ring (bicyclic) bond motifs is 1. The summed E-state index contributed by atoms with van der Waals surface area (Å²) in [6, 6.07) is 19.3. The van der Waals surface area contributed by atoms with Gasteiger partial charge in [-0.3, -0.25) is 0 Å². The van der Waals surface area contributed by atoms with Crippen molar-refractivity contribution in [3.05, 3.63) is 77.9 Å². The summed E-state index contributed by atoms with van der Waals surface area (Å²) < 4.78 is 23.0. The van der Waals surface area contributed by atoms with Gasteiger partial charge in [0.2, 0.25) is 0 Å². The summed E-state index contributed by atoms with van der Waals surface area (Å²) in [5, 5.41) is 20.9. The topological polar surface area (TPSA) is 77.4 Å². The van der Waals surface area contributed by atoms with Crippen LogP contribution in [0.4, 0.5) is 0 Å². The van der Waals surface area contributed by atoms with Crippen molar-refractivity contribution in [2.75, 3.05) is 13.2 Å². The highest BCUT2D eigenvalue weighted by atomic mass is 16.8. The number of hydrogen-bond acceptors (Lipinski definition) is 6. The summed E-state index contributed by atoms with van der Waals surface area (Å²) in [5.74, 6) is 0. The highest BCUT2D eigenvalue weighted by Crippen LogP contribution is 2.34. The van der Waals surface area contributed by atoms with Crippen molar-refractivity contribution in [2.24, 2.45) is 0 Å². The van der Waals surface area contributed by atoms with E-state index in [1.807, 2.05) is 72.8 Å². The lowest BCUT2D eigenvalue weighted by molar-refractivity contribution is -0.360. The zero-order valence-electron chi connectivity index (χ0n) is 15.3. The van der Waals surface area contributed by atoms with Crippen LogP contribution >= 0.6 is 0 Å². The lowest BCUT2D eigenvalue weighted by atomic mass is 9.98. The second kappa shape index (κ2) is 8.96. The molecule has 0 unspecified atom stereocenters. The molecule has 0 spiro atoms. The van der Waals surface area contributed by atoms with E-state index in [0.29, 0.717) is 0 Å². The van der Waals surface area contributed by atoms with Crippen molar-refractivity contribution in [1.82, 2.24) is 0 Å². The van der Waals surface area contributed by atoms with Crippen LogP contribution in [-0.2, 0) is 18.9 Å². The summed E-state index contributed by atoms with van der Waals surface area (Å²) >= 11 is 0. The molecule has 6 atom stereocenters. The molecule has 2 aromatic rings. The number of benzene rings is 2. The molecule has 28 heavy (non-hydrogen) atoms. The molecule has 0 aromatic heterocycles. The van der Waals surface area contributed by atoms with Crippen molar-refractivity contribution >= 4 is 6.08 Å². The zero-order chi connectivity index (χ0) is 19.3. The molecule has 2 aromatic carbocycles. The van der Waals surface area contributed by atoms with E-state index in [1.165, 1.54) is 0 Å². The van der Waals surface area contributed by atoms with E-state index in [4.69, 9.17) is 18.9 Å². The third-order valence-corrected chi connectivity index (χ3v) is 4.87. The average Bonchev–Trinajstić information content (AvgIpc) is 2.75. The van der Waals surface area contributed by atoms with Crippen LogP contribution in [0.3, 0.4) is 0 Å². The molecule has 2 N–H and O–H groups in total. The first-order valence-corrected chi connectivity index (χ1v) is 9.39. The third-order valence-electron chi connectivity index (χ3n) is 4.87. The molecular formula is C22H24O6. The fourth-order valence-electron chi connectivity index (χ4n) is 3.39. The van der Waals surface area contributed by atoms with E-state index in [1.54, 1.807) is 0 Å². The van der Waals surface area contributed by atoms with Gasteiger partial charge in [0.05, 0.1) is 13.2 Å². The summed E-state index contributed by atoms with van der Waals surface area (Å²) in [4.78, 5) is 0. The number of ether oxygens (including phenoxy) is 4. The van der Waals surface area contributed by atoms with Gasteiger partial charge in [-0.1, -0.05) is 72.8 Å². The normalized spacial score (nSPS) is 32.9. The van der Waals surface area contributed by atoms with Crippen molar-refractivity contribution in [2.45, 2.75) is 37.0 Å². The Hall–Kier alpha value is -2.06. The van der Waals surface area contributed by atoms with Gasteiger partial charge in [0.25, 0.3) is 0 Å². The second-order valence-corrected chi connectivity index (χ2v) is 6.85. The molecule has 2 aliphatic rings. The van der Waals surface area contributed by atoms with E-state index in [9.17, 15) is 10.2 Å². The minimum atomic E-state index is -1.21. The molecule has 148 valence electrons. The maximum Gasteiger partial charge on any atom is 0.187 e. The van der Waals surface area contributed by atoms with Crippen LogP contribution in [0.15, 0.2) is 66.7 Å². The molecule has 2 heterocycles. The van der Waals surface area contributed by atoms with Crippen LogP contribution in [-0.4, -0.2) is 54.1 Å². The quantitative estimate of drug-likeness (QED) is 0.824. The smallest absolute Gasteiger partial charge is 0.187 e. The molecule has 2 fully saturated rings. The van der Waals surface area contributed by atoms with E-state index in [2.05, 4.69) is 0 Å². The SMILES string of the molecule is O[C@@H]1[C@@H](O)[C@H](OC/C=C/c2ccccc2)O[C@@H]2CO[C@H](c3ccccc3)O[C@H]12. The first-order chi connectivity index (χ1) is 13.7. The summed E-state index contributed by atoms with van der Waals surface area (Å²) in [6.45, 7) is 0.489. The molecule has 4 rings (SSSR count). The number of rotatable bonds is 5. The minimum absolute atomic E-state index is 0.244. The Balaban J connectivity index is 1.33. The predicted octanol–water partition coefficient (Wildman–Crippen LogP) is 2.28. The van der Waals surface area contributed by atoms with Gasteiger partial charge in [-0.15, -0.1) is 0 Å². The molecule has 0 saturated carbocycles. The summed E-state index contributed by atoms with van der Waals surface area (Å²) in [7, 11) is 0. The zero-order valence-corrected chi connectivity index (χ0v) is 15.3. The maximum absolute atomic E-state index is 10.5. The molecular weight excluding hydrogens is 360 g/mol. The monoisotopic (exact) mass is 384 g/mol. The third kappa shape index (κ3) is 4.33. The molecule has 6 heteroatoms. The van der Waals surface area contributed by atoms with Gasteiger partial charge in [-0.25, -0.2) is 0 Å². The molecule has 0 aliphatic carbocycles. The van der Waals surface area contributed by atoms with Crippen molar-refractivity contribution < 1.29 is 29.2 Å². The van der Waals surface area contributed by atoms with Crippen LogP contribution < -0.4 is 0 Å². The van der Waals surface area contributed by atoms with E-state index in [-0.39, 0.29) is 13.2 Å². The van der Waals surface area contributed by atoms with Gasteiger partial charge in [0.1, 0.15) is 24.4 Å². The molecule has 0 radical (unpaired) electrons. The standard InChI is InChI=1S/C22H24O6/c23-18-19(24)22(25-13-7-10-15-8-3-1-4-9-15)27-17-14-26-21(28-20(17)18)16-11-5-2-6-12-16/h1-12,17-24H,13-14H2/b10-7+/t17-,18-,19-,20+,21+,22-/m1/s1. The first kappa shape index (κ1) is 19.3. The average molecular weight is 384 g/mol. The number of hydrogen-bond donors (Lipinski definition) is 2. The number of aliphatic hydroxyl groups excluding tert-OH is 2. The second-order valence-electron chi connectivity index (χ2n) is 6.85. The maximum atomic E-state index is 10.5. The van der Waals surface area contributed by atoms with Gasteiger partial charge in [-0.2, -0.15) is 0 Å². The van der Waals surface area contributed by atoms with Gasteiger partial charge < -0.3 is 29.2 Å². The van der Waals surface area contributed by atoms with Crippen molar-refractivity contribution in [3.8, 4) is 0 Å². The lowest BCUT2D eigenvalue weighted by Crippen LogP contribution is -2.62. The van der Waals surface area contributed by atoms with Crippen molar-refractivity contribution in [1.29, 1.82) is 0 Å². The van der Waals surface area contributed by atoms with Gasteiger partial charge in [-0.05, 0) is 5.56 Å². The molecule has 2 aliphatic heterocycles. The minimum Gasteiger partial charge on any atom is -0.387 e. The summed E-state index contributed by atoms with van der Waals surface area (Å²) in [5.41, 5.74) is 1.91. The van der Waals surface area contributed by atoms with E-state index >= 15 is 0 Å². The highest BCUT2D eigenvalue weighted by molar-refractivity contribution is 5.48. The first-order valence-electron chi connectivity index (χ1n) is 9.39. The van der Waals surface area contributed by atoms with Crippen LogP contribution in [0, 0.1) is 0 Å². The Labute approximate surface area is 163 Å². The van der Waals surface area contributed by atoms with Gasteiger partial charge >= 0.3 is 0 Å². The fourth-order valence-corrected chi connectivity index (χ4v) is 3.39. The lowest BCUT2D eigenvalue weighted by Gasteiger charge is -2.46. The number of aliphatic hydroxyl groups is 2. The fraction of sp³-hybridized carbons (Fsp3) is 0.364. The van der Waals surface area contributed by atoms with Crippen LogP contribution in [0.25, 0.3) is 6.08 Å². The largest absolute Gasteiger partial charge is 0.387 e. The molecule has 6 nitrogen and oxygen atoms in total. The van der Waals surface area contributed by atoms with Crippen molar-refractivity contribution in [3.63, 3.8) is 0 Å². The summed E-state index contributed by atoms with van der Waals surface area (Å²) in [6.07, 6.45) is -1.32. The Morgan fingerprint density at radius 2 is 1.64 bits per heavy atom.